The molecule has 0 fully saturated rings. The fraction of sp³-hybridized carbons (Fsp3) is 0.462. The summed E-state index contributed by atoms with van der Waals surface area (Å²) >= 11 is 0. The van der Waals surface area contributed by atoms with Gasteiger partial charge in [-0.1, -0.05) is 19.8 Å². The van der Waals surface area contributed by atoms with E-state index >= 15 is 0 Å². The van der Waals surface area contributed by atoms with Crippen LogP contribution in [0.4, 0.5) is 11.4 Å². The van der Waals surface area contributed by atoms with Gasteiger partial charge in [-0.2, -0.15) is 0 Å². The minimum atomic E-state index is -0.508. The molecular weight excluding hydrogens is 248 g/mol. The Labute approximate surface area is 111 Å². The van der Waals surface area contributed by atoms with Gasteiger partial charge < -0.3 is 10.1 Å². The number of carbonyl (C=O) groups is 1. The summed E-state index contributed by atoms with van der Waals surface area (Å²) in [4.78, 5) is 21.8. The van der Waals surface area contributed by atoms with E-state index in [0.29, 0.717) is 17.8 Å². The minimum Gasteiger partial charge on any atom is -0.465 e. The van der Waals surface area contributed by atoms with Crippen LogP contribution in [-0.2, 0) is 4.74 Å². The van der Waals surface area contributed by atoms with E-state index in [4.69, 9.17) is 0 Å². The Kier molecular flexibility index (Phi) is 5.78. The smallest absolute Gasteiger partial charge is 0.337 e. The molecule has 0 saturated carbocycles. The lowest BCUT2D eigenvalue weighted by Gasteiger charge is -2.08. The summed E-state index contributed by atoms with van der Waals surface area (Å²) < 4.78 is 4.60. The zero-order chi connectivity index (χ0) is 14.3. The van der Waals surface area contributed by atoms with Gasteiger partial charge in [0.05, 0.1) is 17.6 Å². The summed E-state index contributed by atoms with van der Waals surface area (Å²) in [6, 6.07) is 4.16. The molecule has 1 rings (SSSR count). The maximum atomic E-state index is 11.4. The number of esters is 1. The number of hydrogen-bond donors (Lipinski definition) is 1. The predicted octanol–water partition coefficient (Wildman–Crippen LogP) is 2.98. The first-order chi connectivity index (χ1) is 9.10. The van der Waals surface area contributed by atoms with Crippen LogP contribution >= 0.6 is 0 Å². The highest BCUT2D eigenvalue weighted by Crippen LogP contribution is 2.25. The van der Waals surface area contributed by atoms with Gasteiger partial charge in [-0.25, -0.2) is 4.79 Å². The van der Waals surface area contributed by atoms with Crippen molar-refractivity contribution in [1.29, 1.82) is 0 Å². The Bertz CT molecular complexity index is 460. The van der Waals surface area contributed by atoms with Gasteiger partial charge >= 0.3 is 5.97 Å². The predicted molar refractivity (Wildman–Crippen MR) is 72.5 cm³/mol. The maximum Gasteiger partial charge on any atom is 0.337 e. The number of nitrogens with zero attached hydrogens (tertiary/aromatic N) is 1. The van der Waals surface area contributed by atoms with Crippen molar-refractivity contribution >= 4 is 17.3 Å². The Morgan fingerprint density at radius 2 is 2.16 bits per heavy atom. The van der Waals surface area contributed by atoms with Gasteiger partial charge in [0.15, 0.2) is 0 Å². The molecule has 0 spiro atoms. The van der Waals surface area contributed by atoms with Crippen molar-refractivity contribution in [1.82, 2.24) is 0 Å². The van der Waals surface area contributed by atoms with Crippen LogP contribution in [-0.4, -0.2) is 24.5 Å². The van der Waals surface area contributed by atoms with Crippen molar-refractivity contribution in [3.8, 4) is 0 Å². The van der Waals surface area contributed by atoms with Gasteiger partial charge in [-0.3, -0.25) is 10.1 Å². The Morgan fingerprint density at radius 3 is 2.74 bits per heavy atom. The molecular formula is C13H18N2O4. The molecule has 1 aromatic rings. The second-order valence-electron chi connectivity index (χ2n) is 4.11. The molecule has 0 bridgehead atoms. The highest BCUT2D eigenvalue weighted by Gasteiger charge is 2.16. The SMILES string of the molecule is CCCCCNc1cc(C(=O)OC)ccc1[N+](=O)[O-]. The standard InChI is InChI=1S/C13H18N2O4/c1-3-4-5-8-14-11-9-10(13(16)19-2)6-7-12(11)15(17)18/h6-7,9,14H,3-5,8H2,1-2H3. The van der Waals surface area contributed by atoms with Crippen LogP contribution in [0.25, 0.3) is 0 Å². The third-order valence-corrected chi connectivity index (χ3v) is 2.71. The van der Waals surface area contributed by atoms with Gasteiger partial charge in [0, 0.05) is 12.6 Å². The third kappa shape index (κ3) is 4.24. The van der Waals surface area contributed by atoms with Gasteiger partial charge in [0.25, 0.3) is 5.69 Å². The van der Waals surface area contributed by atoms with E-state index in [9.17, 15) is 14.9 Å². The van der Waals surface area contributed by atoms with E-state index in [2.05, 4.69) is 17.0 Å². The van der Waals surface area contributed by atoms with E-state index in [1.54, 1.807) is 0 Å². The van der Waals surface area contributed by atoms with Gasteiger partial charge in [-0.15, -0.1) is 0 Å². The molecule has 0 saturated heterocycles. The summed E-state index contributed by atoms with van der Waals surface area (Å²) in [5, 5.41) is 13.9. The molecule has 104 valence electrons. The first kappa shape index (κ1) is 14.9. The molecule has 6 nitrogen and oxygen atoms in total. The van der Waals surface area contributed by atoms with Gasteiger partial charge in [0.1, 0.15) is 5.69 Å². The zero-order valence-electron chi connectivity index (χ0n) is 11.1. The highest BCUT2D eigenvalue weighted by molar-refractivity contribution is 5.91. The third-order valence-electron chi connectivity index (χ3n) is 2.71. The quantitative estimate of drug-likeness (QED) is 0.355. The van der Waals surface area contributed by atoms with Crippen molar-refractivity contribution in [3.05, 3.63) is 33.9 Å². The normalized spacial score (nSPS) is 10.0. The largest absolute Gasteiger partial charge is 0.465 e. The van der Waals surface area contributed by atoms with Crippen LogP contribution in [0, 0.1) is 10.1 Å². The highest BCUT2D eigenvalue weighted by atomic mass is 16.6. The van der Waals surface area contributed by atoms with E-state index in [1.807, 2.05) is 0 Å². The molecule has 19 heavy (non-hydrogen) atoms. The molecule has 0 aliphatic rings. The summed E-state index contributed by atoms with van der Waals surface area (Å²) in [5.41, 5.74) is 0.610. The molecule has 0 heterocycles. The molecule has 0 amide bonds. The lowest BCUT2D eigenvalue weighted by molar-refractivity contribution is -0.384. The molecule has 0 unspecified atom stereocenters. The van der Waals surface area contributed by atoms with Crippen LogP contribution in [0.5, 0.6) is 0 Å². The fourth-order valence-corrected chi connectivity index (χ4v) is 1.68. The van der Waals surface area contributed by atoms with E-state index in [0.717, 1.165) is 19.3 Å². The molecule has 0 radical (unpaired) electrons. The molecule has 1 N–H and O–H groups in total. The maximum absolute atomic E-state index is 11.4. The first-order valence-corrected chi connectivity index (χ1v) is 6.20. The monoisotopic (exact) mass is 266 g/mol. The molecule has 0 aromatic heterocycles. The summed E-state index contributed by atoms with van der Waals surface area (Å²) in [6.45, 7) is 2.72. The summed E-state index contributed by atoms with van der Waals surface area (Å²) in [7, 11) is 1.28. The van der Waals surface area contributed by atoms with Crippen molar-refractivity contribution in [3.63, 3.8) is 0 Å². The number of anilines is 1. The van der Waals surface area contributed by atoms with E-state index in [1.165, 1.54) is 25.3 Å². The number of nitro groups is 1. The number of hydrogen-bond acceptors (Lipinski definition) is 5. The van der Waals surface area contributed by atoms with E-state index < -0.39 is 10.9 Å². The number of rotatable bonds is 7. The topological polar surface area (TPSA) is 81.5 Å². The fourth-order valence-electron chi connectivity index (χ4n) is 1.68. The number of methoxy groups -OCH3 is 1. The van der Waals surface area contributed by atoms with Crippen LogP contribution < -0.4 is 5.32 Å². The van der Waals surface area contributed by atoms with Crippen LogP contribution in [0.15, 0.2) is 18.2 Å². The van der Waals surface area contributed by atoms with Gasteiger partial charge in [0.2, 0.25) is 0 Å². The molecule has 0 aliphatic heterocycles. The van der Waals surface area contributed by atoms with Crippen LogP contribution in [0.1, 0.15) is 36.5 Å². The lowest BCUT2D eigenvalue weighted by Crippen LogP contribution is -2.07. The average molecular weight is 266 g/mol. The number of benzene rings is 1. The first-order valence-electron chi connectivity index (χ1n) is 6.20. The number of nitro benzene ring substituents is 1. The lowest BCUT2D eigenvalue weighted by atomic mass is 10.1. The number of ether oxygens (including phenoxy) is 1. The summed E-state index contributed by atoms with van der Waals surface area (Å²) in [6.07, 6.45) is 3.06. The van der Waals surface area contributed by atoms with Crippen LogP contribution in [0.2, 0.25) is 0 Å². The number of carbonyl (C=O) groups excluding carboxylic acids is 1. The molecule has 6 heteroatoms. The van der Waals surface area contributed by atoms with E-state index in [-0.39, 0.29) is 5.69 Å². The van der Waals surface area contributed by atoms with Crippen LogP contribution in [0.3, 0.4) is 0 Å². The van der Waals surface area contributed by atoms with Crippen molar-refractivity contribution in [2.45, 2.75) is 26.2 Å². The molecule has 0 atom stereocenters. The minimum absolute atomic E-state index is 0.0378. The van der Waals surface area contributed by atoms with Crippen molar-refractivity contribution in [2.24, 2.45) is 0 Å². The zero-order valence-corrected chi connectivity index (χ0v) is 11.1. The van der Waals surface area contributed by atoms with Crippen molar-refractivity contribution in [2.75, 3.05) is 19.0 Å². The number of unbranched alkanes of at least 4 members (excludes halogenated alkanes) is 2. The molecule has 0 aliphatic carbocycles. The number of nitrogens with one attached hydrogen (secondary N) is 1. The Morgan fingerprint density at radius 1 is 1.42 bits per heavy atom. The van der Waals surface area contributed by atoms with Gasteiger partial charge in [-0.05, 0) is 18.6 Å². The average Bonchev–Trinajstić information content (AvgIpc) is 2.42. The second kappa shape index (κ2) is 7.35. The summed E-state index contributed by atoms with van der Waals surface area (Å²) in [5.74, 6) is -0.508. The molecule has 1 aromatic carbocycles. The van der Waals surface area contributed by atoms with Crippen molar-refractivity contribution < 1.29 is 14.5 Å². The Hall–Kier alpha value is -2.11. The second-order valence-corrected chi connectivity index (χ2v) is 4.11. The Balaban J connectivity index is 2.89.